The Kier molecular flexibility index (Phi) is 3.47. The largest absolute Gasteiger partial charge is 0.486 e. The first kappa shape index (κ1) is 12.4. The Balaban J connectivity index is 2.13. The maximum atomic E-state index is 11.8. The third-order valence-electron chi connectivity index (χ3n) is 2.59. The van der Waals surface area contributed by atoms with E-state index in [2.05, 4.69) is 0 Å². The highest BCUT2D eigenvalue weighted by molar-refractivity contribution is 5.99. The van der Waals surface area contributed by atoms with Gasteiger partial charge in [0.25, 0.3) is 0 Å². The van der Waals surface area contributed by atoms with Crippen LogP contribution in [0.25, 0.3) is 0 Å². The van der Waals surface area contributed by atoms with Crippen molar-refractivity contribution in [3.8, 4) is 11.5 Å². The number of ketones is 1. The summed E-state index contributed by atoms with van der Waals surface area (Å²) in [7, 11) is 0. The number of aliphatic carboxylic acids is 1. The predicted molar refractivity (Wildman–Crippen MR) is 62.0 cm³/mol. The zero-order chi connectivity index (χ0) is 13.1. The number of carbonyl (C=O) groups is 2. The fourth-order valence-corrected chi connectivity index (χ4v) is 1.62. The Morgan fingerprint density at radius 3 is 2.61 bits per heavy atom. The first-order chi connectivity index (χ1) is 8.58. The smallest absolute Gasteiger partial charge is 0.320 e. The Bertz CT molecular complexity index is 485. The van der Waals surface area contributed by atoms with Crippen molar-refractivity contribution >= 4 is 11.8 Å². The van der Waals surface area contributed by atoms with E-state index in [-0.39, 0.29) is 12.2 Å². The summed E-state index contributed by atoms with van der Waals surface area (Å²) in [6, 6.07) is 3.56. The van der Waals surface area contributed by atoms with Gasteiger partial charge >= 0.3 is 5.97 Å². The average Bonchev–Trinajstić information content (AvgIpc) is 2.37. The van der Waals surface area contributed by atoms with Crippen molar-refractivity contribution in [2.75, 3.05) is 13.2 Å². The van der Waals surface area contributed by atoms with Crippen LogP contribution in [0.4, 0.5) is 0 Å². The van der Waals surface area contributed by atoms with Crippen LogP contribution in [-0.4, -0.2) is 36.1 Å². The molecule has 1 aliphatic heterocycles. The number of rotatable bonds is 4. The monoisotopic (exact) mass is 251 g/mol. The summed E-state index contributed by atoms with van der Waals surface area (Å²) in [5, 5.41) is 8.65. The standard InChI is InChI=1S/C12H13NO5/c13-8(12(15)16)6-9(14)7-1-2-10-11(5-7)18-4-3-17-10/h1-2,5,8H,3-4,6,13H2,(H,15,16)/t8-/m0/s1. The predicted octanol–water partition coefficient (Wildman–Crippen LogP) is 0.442. The summed E-state index contributed by atoms with van der Waals surface area (Å²) in [6.07, 6.45) is -0.241. The minimum absolute atomic E-state index is 0.241. The molecular formula is C12H13NO5. The van der Waals surface area contributed by atoms with E-state index in [1.807, 2.05) is 0 Å². The number of carboxylic acids is 1. The average molecular weight is 251 g/mol. The summed E-state index contributed by atoms with van der Waals surface area (Å²) < 4.78 is 10.7. The number of nitrogens with two attached hydrogens (primary N) is 1. The molecule has 0 amide bonds. The van der Waals surface area contributed by atoms with Crippen molar-refractivity contribution in [3.05, 3.63) is 23.8 Å². The lowest BCUT2D eigenvalue weighted by molar-refractivity contribution is -0.138. The van der Waals surface area contributed by atoms with Gasteiger partial charge in [0.15, 0.2) is 17.3 Å². The van der Waals surface area contributed by atoms with Crippen molar-refractivity contribution in [2.24, 2.45) is 5.73 Å². The SMILES string of the molecule is N[C@@H](CC(=O)c1ccc2c(c1)OCCO2)C(=O)O. The van der Waals surface area contributed by atoms with Crippen LogP contribution in [-0.2, 0) is 4.79 Å². The summed E-state index contributed by atoms with van der Waals surface area (Å²) in [4.78, 5) is 22.4. The van der Waals surface area contributed by atoms with Crippen LogP contribution in [0.2, 0.25) is 0 Å². The normalized spacial score (nSPS) is 14.9. The fraction of sp³-hybridized carbons (Fsp3) is 0.333. The van der Waals surface area contributed by atoms with Crippen LogP contribution in [0, 0.1) is 0 Å². The van der Waals surface area contributed by atoms with Gasteiger partial charge < -0.3 is 20.3 Å². The van der Waals surface area contributed by atoms with E-state index in [1.165, 1.54) is 0 Å². The van der Waals surface area contributed by atoms with Crippen LogP contribution >= 0.6 is 0 Å². The molecule has 1 heterocycles. The van der Waals surface area contributed by atoms with E-state index < -0.39 is 12.0 Å². The van der Waals surface area contributed by atoms with Crippen LogP contribution in [0.15, 0.2) is 18.2 Å². The molecule has 6 nitrogen and oxygen atoms in total. The summed E-state index contributed by atoms with van der Waals surface area (Å²) >= 11 is 0. The molecule has 96 valence electrons. The number of hydrogen-bond donors (Lipinski definition) is 2. The van der Waals surface area contributed by atoms with Crippen LogP contribution in [0.1, 0.15) is 16.8 Å². The second kappa shape index (κ2) is 5.05. The molecular weight excluding hydrogens is 238 g/mol. The van der Waals surface area contributed by atoms with E-state index in [9.17, 15) is 9.59 Å². The third kappa shape index (κ3) is 2.60. The highest BCUT2D eigenvalue weighted by atomic mass is 16.6. The molecule has 0 radical (unpaired) electrons. The maximum Gasteiger partial charge on any atom is 0.320 e. The Labute approximate surface area is 103 Å². The van der Waals surface area contributed by atoms with Gasteiger partial charge in [0.1, 0.15) is 19.3 Å². The Morgan fingerprint density at radius 1 is 1.28 bits per heavy atom. The number of benzene rings is 1. The number of Topliss-reactive ketones (excluding diaryl/α,β-unsaturated/α-hetero) is 1. The quantitative estimate of drug-likeness (QED) is 0.753. The lowest BCUT2D eigenvalue weighted by Crippen LogP contribution is -2.32. The van der Waals surface area contributed by atoms with Crippen molar-refractivity contribution in [2.45, 2.75) is 12.5 Å². The number of fused-ring (bicyclic) bond motifs is 1. The van der Waals surface area contributed by atoms with Crippen LogP contribution < -0.4 is 15.2 Å². The van der Waals surface area contributed by atoms with Gasteiger partial charge in [-0.1, -0.05) is 0 Å². The minimum Gasteiger partial charge on any atom is -0.486 e. The molecule has 0 aliphatic carbocycles. The van der Waals surface area contributed by atoms with Crippen molar-refractivity contribution in [1.82, 2.24) is 0 Å². The second-order valence-corrected chi connectivity index (χ2v) is 3.93. The molecule has 0 bridgehead atoms. The zero-order valence-corrected chi connectivity index (χ0v) is 9.59. The Morgan fingerprint density at radius 2 is 1.94 bits per heavy atom. The molecule has 1 atom stereocenters. The molecule has 0 spiro atoms. The molecule has 0 fully saturated rings. The van der Waals surface area contributed by atoms with Gasteiger partial charge in [-0.3, -0.25) is 9.59 Å². The lowest BCUT2D eigenvalue weighted by atomic mass is 10.0. The molecule has 1 aromatic carbocycles. The maximum absolute atomic E-state index is 11.8. The fourth-order valence-electron chi connectivity index (χ4n) is 1.62. The second-order valence-electron chi connectivity index (χ2n) is 3.93. The van der Waals surface area contributed by atoms with Gasteiger partial charge in [-0.2, -0.15) is 0 Å². The van der Waals surface area contributed by atoms with Crippen molar-refractivity contribution < 1.29 is 24.2 Å². The molecule has 2 rings (SSSR count). The molecule has 18 heavy (non-hydrogen) atoms. The zero-order valence-electron chi connectivity index (χ0n) is 9.59. The first-order valence-corrected chi connectivity index (χ1v) is 5.49. The molecule has 3 N–H and O–H groups in total. The van der Waals surface area contributed by atoms with Crippen LogP contribution in [0.3, 0.4) is 0 Å². The van der Waals surface area contributed by atoms with Crippen molar-refractivity contribution in [1.29, 1.82) is 0 Å². The molecule has 0 saturated heterocycles. The summed E-state index contributed by atoms with van der Waals surface area (Å²) in [5.41, 5.74) is 5.69. The first-order valence-electron chi connectivity index (χ1n) is 5.49. The van der Waals surface area contributed by atoms with Gasteiger partial charge in [-0.05, 0) is 18.2 Å². The molecule has 0 saturated carbocycles. The van der Waals surface area contributed by atoms with E-state index in [4.69, 9.17) is 20.3 Å². The van der Waals surface area contributed by atoms with E-state index >= 15 is 0 Å². The number of carbonyl (C=O) groups excluding carboxylic acids is 1. The minimum atomic E-state index is -1.19. The van der Waals surface area contributed by atoms with E-state index in [0.717, 1.165) is 0 Å². The van der Waals surface area contributed by atoms with Crippen molar-refractivity contribution in [3.63, 3.8) is 0 Å². The number of ether oxygens (including phenoxy) is 2. The van der Waals surface area contributed by atoms with Gasteiger partial charge in [0, 0.05) is 12.0 Å². The van der Waals surface area contributed by atoms with Gasteiger partial charge in [0.05, 0.1) is 0 Å². The van der Waals surface area contributed by atoms with Gasteiger partial charge in [-0.25, -0.2) is 0 Å². The van der Waals surface area contributed by atoms with E-state index in [1.54, 1.807) is 18.2 Å². The summed E-state index contributed by atoms with van der Waals surface area (Å²) in [5.74, 6) is -0.445. The molecule has 1 aliphatic rings. The third-order valence-corrected chi connectivity index (χ3v) is 2.59. The molecule has 1 aromatic rings. The Hall–Kier alpha value is -2.08. The molecule has 0 unspecified atom stereocenters. The topological polar surface area (TPSA) is 98.9 Å². The van der Waals surface area contributed by atoms with E-state index in [0.29, 0.717) is 30.3 Å². The lowest BCUT2D eigenvalue weighted by Gasteiger charge is -2.18. The highest BCUT2D eigenvalue weighted by Crippen LogP contribution is 2.31. The number of carboxylic acid groups (broad SMARTS) is 1. The van der Waals surface area contributed by atoms with Gasteiger partial charge in [0.2, 0.25) is 0 Å². The van der Waals surface area contributed by atoms with Gasteiger partial charge in [-0.15, -0.1) is 0 Å². The molecule has 6 heteroatoms. The van der Waals surface area contributed by atoms with Crippen LogP contribution in [0.5, 0.6) is 11.5 Å². The highest BCUT2D eigenvalue weighted by Gasteiger charge is 2.19. The number of hydrogen-bond acceptors (Lipinski definition) is 5. The summed E-state index contributed by atoms with van der Waals surface area (Å²) in [6.45, 7) is 0.906. The molecule has 0 aromatic heterocycles.